The zero-order valence-corrected chi connectivity index (χ0v) is 7.81. The Morgan fingerprint density at radius 2 is 2.53 bits per heavy atom. The number of hydrogen-bond acceptors (Lipinski definition) is 5. The summed E-state index contributed by atoms with van der Waals surface area (Å²) in [6.07, 6.45) is 1.13. The van der Waals surface area contributed by atoms with Crippen molar-refractivity contribution in [1.82, 2.24) is 9.97 Å². The normalized spacial score (nSPS) is 8.87. The number of nitrogens with one attached hydrogen (secondary N) is 1. The smallest absolute Gasteiger partial charge is 0.384 e. The second-order valence-electron chi connectivity index (χ2n) is 2.33. The molecule has 0 bridgehead atoms. The second-order valence-corrected chi connectivity index (χ2v) is 2.33. The van der Waals surface area contributed by atoms with Gasteiger partial charge in [0.2, 0.25) is 5.69 Å². The molecule has 0 fully saturated rings. The van der Waals surface area contributed by atoms with Crippen LogP contribution in [0.15, 0.2) is 6.33 Å². The van der Waals surface area contributed by atoms with Gasteiger partial charge in [-0.15, -0.1) is 0 Å². The monoisotopic (exact) mass is 209 g/mol. The highest BCUT2D eigenvalue weighted by Gasteiger charge is 2.12. The van der Waals surface area contributed by atoms with Gasteiger partial charge in [0.25, 0.3) is 0 Å². The first-order chi connectivity index (χ1) is 7.15. The van der Waals surface area contributed by atoms with Crippen molar-refractivity contribution in [2.75, 3.05) is 6.61 Å². The summed E-state index contributed by atoms with van der Waals surface area (Å²) in [7, 11) is 0. The van der Waals surface area contributed by atoms with Crippen molar-refractivity contribution in [3.63, 3.8) is 0 Å². The molecule has 0 spiro atoms. The Hall–Kier alpha value is -2.36. The topological polar surface area (TPSA) is 98.1 Å². The van der Waals surface area contributed by atoms with Crippen molar-refractivity contribution in [2.24, 2.45) is 0 Å². The molecule has 0 aliphatic rings. The Bertz CT molecular complexity index is 440. The molecule has 0 amide bonds. The highest BCUT2D eigenvalue weighted by Crippen LogP contribution is 2.09. The predicted octanol–water partition coefficient (Wildman–Crippen LogP) is 0.233. The number of H-pyrrole nitrogens is 1. The Morgan fingerprint density at radius 3 is 3.13 bits per heavy atom. The van der Waals surface area contributed by atoms with Crippen LogP contribution in [0.5, 0.6) is 0 Å². The molecule has 1 aromatic rings. The number of esters is 1. The van der Waals surface area contributed by atoms with Gasteiger partial charge in [-0.05, 0) is 17.8 Å². The van der Waals surface area contributed by atoms with Crippen molar-refractivity contribution in [3.8, 4) is 11.8 Å². The SMILES string of the molecule is CCOC(=O)C#Cc1nc[nH]c1[N+](=O)[O-]. The van der Waals surface area contributed by atoms with Gasteiger partial charge in [0.15, 0.2) is 6.33 Å². The van der Waals surface area contributed by atoms with Gasteiger partial charge in [0, 0.05) is 5.92 Å². The van der Waals surface area contributed by atoms with Gasteiger partial charge < -0.3 is 14.9 Å². The zero-order valence-electron chi connectivity index (χ0n) is 7.81. The standard InChI is InChI=1S/C8H7N3O4/c1-2-15-7(12)4-3-6-8(11(13)14)10-5-9-6/h5H,2H2,1H3,(H,9,10). The van der Waals surface area contributed by atoms with Gasteiger partial charge in [-0.3, -0.25) is 0 Å². The van der Waals surface area contributed by atoms with E-state index in [0.717, 1.165) is 6.33 Å². The molecule has 0 aliphatic carbocycles. The summed E-state index contributed by atoms with van der Waals surface area (Å²) < 4.78 is 4.52. The fraction of sp³-hybridized carbons (Fsp3) is 0.250. The highest BCUT2D eigenvalue weighted by atomic mass is 16.6. The molecule has 15 heavy (non-hydrogen) atoms. The molecule has 0 atom stereocenters. The van der Waals surface area contributed by atoms with Crippen molar-refractivity contribution >= 4 is 11.8 Å². The third-order valence-electron chi connectivity index (χ3n) is 1.36. The first kappa shape index (κ1) is 10.7. The van der Waals surface area contributed by atoms with E-state index in [9.17, 15) is 14.9 Å². The van der Waals surface area contributed by atoms with E-state index in [-0.39, 0.29) is 18.1 Å². The van der Waals surface area contributed by atoms with Crippen LogP contribution in [0.4, 0.5) is 5.82 Å². The van der Waals surface area contributed by atoms with Gasteiger partial charge in [0.05, 0.1) is 6.61 Å². The Labute approximate surface area is 84.6 Å². The minimum Gasteiger partial charge on any atom is -0.456 e. The number of carbonyl (C=O) groups excluding carboxylic acids is 1. The molecule has 0 saturated carbocycles. The molecule has 0 unspecified atom stereocenters. The van der Waals surface area contributed by atoms with Crippen molar-refractivity contribution in [2.45, 2.75) is 6.92 Å². The minimum atomic E-state index is -0.741. The van der Waals surface area contributed by atoms with Crippen LogP contribution >= 0.6 is 0 Å². The molecule has 1 aromatic heterocycles. The number of hydrogen-bond donors (Lipinski definition) is 1. The molecular formula is C8H7N3O4. The quantitative estimate of drug-likeness (QED) is 0.325. The Morgan fingerprint density at radius 1 is 1.80 bits per heavy atom. The first-order valence-electron chi connectivity index (χ1n) is 4.01. The first-order valence-corrected chi connectivity index (χ1v) is 4.01. The van der Waals surface area contributed by atoms with E-state index in [1.807, 2.05) is 0 Å². The van der Waals surface area contributed by atoms with Crippen LogP contribution in [0.25, 0.3) is 0 Å². The summed E-state index contributed by atoms with van der Waals surface area (Å²) in [4.78, 5) is 26.4. The Balaban J connectivity index is 2.84. The number of imidazole rings is 1. The summed E-state index contributed by atoms with van der Waals surface area (Å²) in [5.74, 6) is 3.25. The zero-order chi connectivity index (χ0) is 11.3. The molecule has 0 saturated heterocycles. The third-order valence-corrected chi connectivity index (χ3v) is 1.36. The van der Waals surface area contributed by atoms with Gasteiger partial charge in [-0.25, -0.2) is 9.78 Å². The van der Waals surface area contributed by atoms with Crippen LogP contribution in [0.3, 0.4) is 0 Å². The number of ether oxygens (including phenoxy) is 1. The van der Waals surface area contributed by atoms with Crippen molar-refractivity contribution in [3.05, 3.63) is 22.1 Å². The van der Waals surface area contributed by atoms with Crippen molar-refractivity contribution in [1.29, 1.82) is 0 Å². The van der Waals surface area contributed by atoms with Crippen LogP contribution < -0.4 is 0 Å². The van der Waals surface area contributed by atoms with E-state index in [2.05, 4.69) is 26.5 Å². The summed E-state index contributed by atoms with van der Waals surface area (Å²) in [6.45, 7) is 1.84. The fourth-order valence-electron chi connectivity index (χ4n) is 0.796. The molecule has 1 heterocycles. The maximum atomic E-state index is 10.8. The number of nitro groups is 1. The van der Waals surface area contributed by atoms with Gasteiger partial charge >= 0.3 is 11.8 Å². The largest absolute Gasteiger partial charge is 0.456 e. The average Bonchev–Trinajstić information content (AvgIpc) is 2.63. The molecule has 1 rings (SSSR count). The van der Waals surface area contributed by atoms with E-state index in [1.165, 1.54) is 0 Å². The van der Waals surface area contributed by atoms with Gasteiger partial charge in [-0.1, -0.05) is 0 Å². The molecule has 1 N–H and O–H groups in total. The van der Waals surface area contributed by atoms with Crippen LogP contribution in [0.1, 0.15) is 12.6 Å². The summed E-state index contributed by atoms with van der Waals surface area (Å²) in [5, 5.41) is 10.4. The number of carbonyl (C=O) groups is 1. The lowest BCUT2D eigenvalue weighted by Crippen LogP contribution is -2.00. The van der Waals surface area contributed by atoms with Crippen molar-refractivity contribution < 1.29 is 14.5 Å². The Kier molecular flexibility index (Phi) is 3.40. The van der Waals surface area contributed by atoms with Gasteiger partial charge in [0.1, 0.15) is 0 Å². The molecule has 78 valence electrons. The summed E-state index contributed by atoms with van der Waals surface area (Å²) in [6, 6.07) is 0. The van der Waals surface area contributed by atoms with E-state index < -0.39 is 10.9 Å². The third kappa shape index (κ3) is 2.80. The van der Waals surface area contributed by atoms with E-state index in [0.29, 0.717) is 0 Å². The highest BCUT2D eigenvalue weighted by molar-refractivity contribution is 5.89. The molecule has 0 aromatic carbocycles. The summed E-state index contributed by atoms with van der Waals surface area (Å²) >= 11 is 0. The predicted molar refractivity (Wildman–Crippen MR) is 48.8 cm³/mol. The minimum absolute atomic E-state index is 0.0898. The van der Waals surface area contributed by atoms with E-state index in [1.54, 1.807) is 6.92 Å². The lowest BCUT2D eigenvalue weighted by Gasteiger charge is -1.90. The van der Waals surface area contributed by atoms with Crippen LogP contribution in [0.2, 0.25) is 0 Å². The number of aromatic amines is 1. The molecule has 0 aliphatic heterocycles. The number of nitrogens with zero attached hydrogens (tertiary/aromatic N) is 2. The number of rotatable bonds is 2. The lowest BCUT2D eigenvalue weighted by molar-refractivity contribution is -0.389. The molecule has 7 heteroatoms. The second kappa shape index (κ2) is 4.76. The number of aromatic nitrogens is 2. The van der Waals surface area contributed by atoms with E-state index >= 15 is 0 Å². The maximum absolute atomic E-state index is 10.8. The van der Waals surface area contributed by atoms with Gasteiger partial charge in [-0.2, -0.15) is 4.98 Å². The lowest BCUT2D eigenvalue weighted by atomic mass is 10.4. The summed E-state index contributed by atoms with van der Waals surface area (Å²) in [5.41, 5.74) is -0.0898. The van der Waals surface area contributed by atoms with Crippen LogP contribution in [-0.2, 0) is 9.53 Å². The molecule has 7 nitrogen and oxygen atoms in total. The molecule has 0 radical (unpaired) electrons. The fourth-order valence-corrected chi connectivity index (χ4v) is 0.796. The van der Waals surface area contributed by atoms with Crippen LogP contribution in [0, 0.1) is 22.0 Å². The van der Waals surface area contributed by atoms with E-state index in [4.69, 9.17) is 0 Å². The molecular weight excluding hydrogens is 202 g/mol. The average molecular weight is 209 g/mol. The maximum Gasteiger partial charge on any atom is 0.384 e. The van der Waals surface area contributed by atoms with Crippen LogP contribution in [-0.4, -0.2) is 27.5 Å².